The summed E-state index contributed by atoms with van der Waals surface area (Å²) in [6.07, 6.45) is 0.355. The molecule has 5 heterocycles. The van der Waals surface area contributed by atoms with Gasteiger partial charge in [0, 0.05) is 55.5 Å². The van der Waals surface area contributed by atoms with Crippen molar-refractivity contribution in [1.82, 2.24) is 25.0 Å². The van der Waals surface area contributed by atoms with Gasteiger partial charge in [-0.1, -0.05) is 24.3 Å². The molecular weight excluding hydrogens is 842 g/mol. The van der Waals surface area contributed by atoms with E-state index in [0.29, 0.717) is 103 Å². The standard InChI is InChI=1S/C48H51F3N8O6/c1-27-31(32-10-11-40(55-44(32)46(63)64)59-16-13-29-5-3-7-33(45(52)62)35(29)24-59)6-4-8-39(27)65-26-28-21-47(22-28)14-17-58(18-15-47)25-42(61)54-37-20-38-34(19-36(37)48(49,50)51)43(56-57(38)2)30-9-12-41(60)53-23-30/h3-8,10-11,19-20,28,30H,9,12-18,21-26H2,1-2H3,(H2,52,62)(H,53,60)(H,54,61)(H,63,64). The van der Waals surface area contributed by atoms with Crippen LogP contribution >= 0.6 is 0 Å². The summed E-state index contributed by atoms with van der Waals surface area (Å²) in [5.41, 5.74) is 9.69. The molecule has 4 aliphatic rings. The zero-order chi connectivity index (χ0) is 45.8. The number of pyridine rings is 1. The zero-order valence-corrected chi connectivity index (χ0v) is 36.3. The average molecular weight is 893 g/mol. The van der Waals surface area contributed by atoms with Crippen LogP contribution in [0, 0.1) is 18.3 Å². The maximum Gasteiger partial charge on any atom is 0.418 e. The Labute approximate surface area is 373 Å². The maximum absolute atomic E-state index is 14.4. The Hall–Kier alpha value is -6.49. The van der Waals surface area contributed by atoms with Gasteiger partial charge in [-0.3, -0.25) is 24.0 Å². The maximum atomic E-state index is 14.4. The quantitative estimate of drug-likeness (QED) is 0.110. The molecule has 5 aromatic rings. The molecule has 9 rings (SSSR count). The van der Waals surface area contributed by atoms with Gasteiger partial charge >= 0.3 is 12.1 Å². The lowest BCUT2D eigenvalue weighted by molar-refractivity contribution is -0.137. The first-order valence-corrected chi connectivity index (χ1v) is 22.1. The van der Waals surface area contributed by atoms with Gasteiger partial charge in [-0.25, -0.2) is 9.78 Å². The Bertz CT molecular complexity index is 2710. The third kappa shape index (κ3) is 8.73. The minimum Gasteiger partial charge on any atom is -0.493 e. The van der Waals surface area contributed by atoms with Gasteiger partial charge in [-0.05, 0) is 129 Å². The molecule has 5 N–H and O–H groups in total. The number of halogens is 3. The molecule has 0 radical (unpaired) electrons. The normalized spacial score (nSPS) is 18.8. The summed E-state index contributed by atoms with van der Waals surface area (Å²) in [6, 6.07) is 17.1. The summed E-state index contributed by atoms with van der Waals surface area (Å²) < 4.78 is 51.1. The summed E-state index contributed by atoms with van der Waals surface area (Å²) in [7, 11) is 1.66. The molecule has 1 aliphatic carbocycles. The fraction of sp³-hybridized carbons (Fsp3) is 0.417. The number of nitrogens with one attached hydrogen (secondary N) is 2. The van der Waals surface area contributed by atoms with Gasteiger partial charge in [-0.15, -0.1) is 0 Å². The predicted molar refractivity (Wildman–Crippen MR) is 237 cm³/mol. The van der Waals surface area contributed by atoms with Gasteiger partial charge in [0.25, 0.3) is 0 Å². The number of carbonyl (C=O) groups excluding carboxylic acids is 3. The number of nitrogens with zero attached hydrogens (tertiary/aromatic N) is 5. The van der Waals surface area contributed by atoms with Crippen molar-refractivity contribution in [3.63, 3.8) is 0 Å². The molecule has 17 heteroatoms. The van der Waals surface area contributed by atoms with E-state index in [1.54, 1.807) is 19.2 Å². The average Bonchev–Trinajstić information content (AvgIpc) is 3.59. The van der Waals surface area contributed by atoms with Crippen LogP contribution < -0.4 is 26.0 Å². The van der Waals surface area contributed by atoms with E-state index in [-0.39, 0.29) is 41.6 Å². The highest BCUT2D eigenvalue weighted by molar-refractivity contribution is 5.98. The number of amides is 3. The molecule has 2 aromatic heterocycles. The molecule has 1 saturated carbocycles. The zero-order valence-electron chi connectivity index (χ0n) is 36.3. The molecule has 1 atom stereocenters. The number of alkyl halides is 3. The first kappa shape index (κ1) is 43.7. The number of piperidine rings is 2. The number of carboxylic acid groups (broad SMARTS) is 1. The van der Waals surface area contributed by atoms with E-state index in [1.807, 2.05) is 53.1 Å². The van der Waals surface area contributed by atoms with Crippen molar-refractivity contribution < 1.29 is 42.2 Å². The molecular formula is C48H51F3N8O6. The number of hydrogen-bond donors (Lipinski definition) is 4. The highest BCUT2D eigenvalue weighted by Gasteiger charge is 2.46. The van der Waals surface area contributed by atoms with E-state index in [4.69, 9.17) is 10.5 Å². The van der Waals surface area contributed by atoms with Crippen molar-refractivity contribution in [2.75, 3.05) is 49.5 Å². The summed E-state index contributed by atoms with van der Waals surface area (Å²) in [6.45, 7) is 4.96. The van der Waals surface area contributed by atoms with Crippen LogP contribution in [0.1, 0.15) is 93.2 Å². The number of carboxylic acids is 1. The SMILES string of the molecule is Cc1c(OCC2CC3(CCN(CC(=O)Nc4cc5c(cc4C(F)(F)F)c(C4CCC(=O)NC4)nn5C)CC3)C2)cccc1-c1ccc(N2CCc3cccc(C(N)=O)c3C2)nc1C(=O)O. The molecule has 3 aromatic carbocycles. The Morgan fingerprint density at radius 2 is 1.78 bits per heavy atom. The highest BCUT2D eigenvalue weighted by atomic mass is 19.4. The van der Waals surface area contributed by atoms with E-state index in [2.05, 4.69) is 20.7 Å². The van der Waals surface area contributed by atoms with Gasteiger partial charge < -0.3 is 31.1 Å². The van der Waals surface area contributed by atoms with E-state index in [1.165, 1.54) is 10.7 Å². The summed E-state index contributed by atoms with van der Waals surface area (Å²) in [5.74, 6) is -1.01. The number of rotatable bonds is 11. The van der Waals surface area contributed by atoms with Crippen molar-refractivity contribution >= 4 is 46.1 Å². The summed E-state index contributed by atoms with van der Waals surface area (Å²) in [5, 5.41) is 20.5. The minimum absolute atomic E-state index is 0.0294. The highest BCUT2D eigenvalue weighted by Crippen LogP contribution is 2.53. The van der Waals surface area contributed by atoms with Crippen LogP contribution in [0.15, 0.2) is 60.7 Å². The first-order valence-electron chi connectivity index (χ1n) is 22.1. The van der Waals surface area contributed by atoms with Gasteiger partial charge in [0.05, 0.1) is 35.6 Å². The third-order valence-electron chi connectivity index (χ3n) is 14.0. The number of carbonyl (C=O) groups is 4. The number of nitrogens with two attached hydrogens (primary N) is 1. The van der Waals surface area contributed by atoms with E-state index in [0.717, 1.165) is 48.4 Å². The van der Waals surface area contributed by atoms with Crippen LogP contribution in [0.25, 0.3) is 22.0 Å². The van der Waals surface area contributed by atoms with Crippen molar-refractivity contribution in [2.24, 2.45) is 24.1 Å². The Kier molecular flexibility index (Phi) is 11.5. The predicted octanol–water partition coefficient (Wildman–Crippen LogP) is 6.83. The summed E-state index contributed by atoms with van der Waals surface area (Å²) in [4.78, 5) is 58.3. The number of benzene rings is 3. The van der Waals surface area contributed by atoms with Crippen molar-refractivity contribution in [3.05, 3.63) is 99.9 Å². The molecule has 0 bridgehead atoms. The number of fused-ring (bicyclic) bond motifs is 2. The number of hydrogen-bond acceptors (Lipinski definition) is 9. The molecule has 3 aliphatic heterocycles. The fourth-order valence-electron chi connectivity index (χ4n) is 10.5. The Morgan fingerprint density at radius 1 is 1.02 bits per heavy atom. The number of aromatic carboxylic acids is 1. The van der Waals surface area contributed by atoms with Crippen LogP contribution in [-0.2, 0) is 35.8 Å². The van der Waals surface area contributed by atoms with E-state index >= 15 is 0 Å². The first-order chi connectivity index (χ1) is 31.1. The number of anilines is 2. The molecule has 65 heavy (non-hydrogen) atoms. The van der Waals surface area contributed by atoms with Crippen LogP contribution in [0.5, 0.6) is 5.75 Å². The lowest BCUT2D eigenvalue weighted by atomic mass is 9.58. The van der Waals surface area contributed by atoms with Gasteiger partial charge in [-0.2, -0.15) is 18.3 Å². The topological polar surface area (TPSA) is 185 Å². The Morgan fingerprint density at radius 3 is 2.49 bits per heavy atom. The van der Waals surface area contributed by atoms with Crippen LogP contribution in [-0.4, -0.2) is 87.8 Å². The molecule has 1 spiro atoms. The second kappa shape index (κ2) is 17.1. The second-order valence-electron chi connectivity index (χ2n) is 18.1. The number of likely N-dealkylation sites (tertiary alicyclic amines) is 1. The van der Waals surface area contributed by atoms with Gasteiger partial charge in [0.15, 0.2) is 5.69 Å². The largest absolute Gasteiger partial charge is 0.493 e. The van der Waals surface area contributed by atoms with Gasteiger partial charge in [0.1, 0.15) is 11.6 Å². The van der Waals surface area contributed by atoms with Crippen LogP contribution in [0.2, 0.25) is 0 Å². The minimum atomic E-state index is -4.72. The lowest BCUT2D eigenvalue weighted by Gasteiger charge is -2.52. The third-order valence-corrected chi connectivity index (χ3v) is 14.0. The van der Waals surface area contributed by atoms with Crippen LogP contribution in [0.4, 0.5) is 24.7 Å². The number of aryl methyl sites for hydroxylation is 1. The number of aromatic nitrogens is 3. The Balaban J connectivity index is 0.792. The lowest BCUT2D eigenvalue weighted by Crippen LogP contribution is -2.49. The molecule has 3 amide bonds. The molecule has 2 saturated heterocycles. The molecule has 14 nitrogen and oxygen atoms in total. The monoisotopic (exact) mass is 892 g/mol. The van der Waals surface area contributed by atoms with Crippen LogP contribution in [0.3, 0.4) is 0 Å². The fourth-order valence-corrected chi connectivity index (χ4v) is 10.5. The van der Waals surface area contributed by atoms with Crippen molar-refractivity contribution in [2.45, 2.75) is 70.5 Å². The second-order valence-corrected chi connectivity index (χ2v) is 18.1. The van der Waals surface area contributed by atoms with Crippen molar-refractivity contribution in [1.29, 1.82) is 0 Å². The number of ether oxygens (including phenoxy) is 1. The molecule has 1 unspecified atom stereocenters. The molecule has 340 valence electrons. The van der Waals surface area contributed by atoms with Crippen molar-refractivity contribution in [3.8, 4) is 16.9 Å². The molecule has 3 fully saturated rings. The van der Waals surface area contributed by atoms with E-state index < -0.39 is 29.5 Å². The van der Waals surface area contributed by atoms with E-state index in [9.17, 15) is 37.5 Å². The number of primary amides is 1. The van der Waals surface area contributed by atoms with Gasteiger partial charge in [0.2, 0.25) is 17.7 Å². The smallest absolute Gasteiger partial charge is 0.418 e. The summed E-state index contributed by atoms with van der Waals surface area (Å²) >= 11 is 0.